The third kappa shape index (κ3) is 2.42. The maximum atomic E-state index is 11.1. The molecule has 2 amide bonds. The third-order valence-corrected chi connectivity index (χ3v) is 2.25. The molecule has 1 heterocycles. The molecule has 1 aliphatic rings. The van der Waals surface area contributed by atoms with Crippen molar-refractivity contribution in [2.75, 3.05) is 0 Å². The minimum absolute atomic E-state index is 0.223. The van der Waals surface area contributed by atoms with Gasteiger partial charge in [-0.05, 0) is 5.41 Å². The predicted octanol–water partition coefficient (Wildman–Crippen LogP) is 0.366. The topological polar surface area (TPSA) is 66.4 Å². The van der Waals surface area contributed by atoms with Gasteiger partial charge in [0.15, 0.2) is 0 Å². The van der Waals surface area contributed by atoms with Crippen molar-refractivity contribution >= 4 is 11.8 Å². The number of hydrogen-bond donors (Lipinski definition) is 2. The van der Waals surface area contributed by atoms with Gasteiger partial charge in [0.25, 0.3) is 11.8 Å². The van der Waals surface area contributed by atoms with Crippen molar-refractivity contribution in [3.63, 3.8) is 0 Å². The number of carbonyl (C=O) groups excluding carboxylic acids is 2. The molecular weight excluding hydrogens is 182 g/mol. The van der Waals surface area contributed by atoms with Crippen molar-refractivity contribution in [3.05, 3.63) is 11.6 Å². The number of imide groups is 1. The van der Waals surface area contributed by atoms with Gasteiger partial charge in [0.2, 0.25) is 0 Å². The normalized spacial score (nSPS) is 19.3. The molecule has 1 rings (SSSR count). The summed E-state index contributed by atoms with van der Waals surface area (Å²) >= 11 is 0. The first-order valence-corrected chi connectivity index (χ1v) is 4.54. The van der Waals surface area contributed by atoms with Gasteiger partial charge in [-0.3, -0.25) is 14.9 Å². The monoisotopic (exact) mass is 197 g/mol. The Balaban J connectivity index is 2.66. The molecular formula is C10H15NO3. The third-order valence-electron chi connectivity index (χ3n) is 2.25. The molecule has 0 spiro atoms. The van der Waals surface area contributed by atoms with Crippen molar-refractivity contribution in [3.8, 4) is 0 Å². The van der Waals surface area contributed by atoms with E-state index in [0.717, 1.165) is 0 Å². The molecule has 1 aliphatic heterocycles. The van der Waals surface area contributed by atoms with Crippen LogP contribution in [0.25, 0.3) is 0 Å². The van der Waals surface area contributed by atoms with Crippen LogP contribution in [0, 0.1) is 5.41 Å². The van der Waals surface area contributed by atoms with Crippen molar-refractivity contribution in [2.24, 2.45) is 5.41 Å². The van der Waals surface area contributed by atoms with Crippen LogP contribution in [0.4, 0.5) is 0 Å². The number of rotatable bonds is 2. The molecule has 14 heavy (non-hydrogen) atoms. The van der Waals surface area contributed by atoms with Crippen LogP contribution in [0.15, 0.2) is 11.6 Å². The predicted molar refractivity (Wildman–Crippen MR) is 51.3 cm³/mol. The highest BCUT2D eigenvalue weighted by atomic mass is 16.3. The molecule has 1 unspecified atom stereocenters. The Morgan fingerprint density at radius 2 is 2.00 bits per heavy atom. The number of amides is 2. The molecule has 1 atom stereocenters. The van der Waals surface area contributed by atoms with Crippen LogP contribution in [0.1, 0.15) is 27.2 Å². The molecule has 0 saturated heterocycles. The summed E-state index contributed by atoms with van der Waals surface area (Å²) in [6.45, 7) is 5.65. The van der Waals surface area contributed by atoms with Crippen molar-refractivity contribution in [1.29, 1.82) is 0 Å². The fourth-order valence-electron chi connectivity index (χ4n) is 1.12. The SMILES string of the molecule is CC(C)(C)C(O)CC1=CC(=O)NC1=O. The maximum Gasteiger partial charge on any atom is 0.254 e. The number of aliphatic hydroxyl groups excluding tert-OH is 1. The van der Waals surface area contributed by atoms with Gasteiger partial charge in [-0.25, -0.2) is 0 Å². The summed E-state index contributed by atoms with van der Waals surface area (Å²) in [4.78, 5) is 21.9. The fraction of sp³-hybridized carbons (Fsp3) is 0.600. The standard InChI is InChI=1S/C10H15NO3/c1-10(2,3)7(12)4-6-5-8(13)11-9(6)14/h5,7,12H,4H2,1-3H3,(H,11,13,14). The smallest absolute Gasteiger partial charge is 0.254 e. The molecule has 0 saturated carbocycles. The Kier molecular flexibility index (Phi) is 2.76. The van der Waals surface area contributed by atoms with E-state index in [1.165, 1.54) is 6.08 Å². The summed E-state index contributed by atoms with van der Waals surface area (Å²) in [6.07, 6.45) is 0.851. The van der Waals surface area contributed by atoms with E-state index in [1.54, 1.807) is 0 Å². The number of aliphatic hydroxyl groups is 1. The Morgan fingerprint density at radius 1 is 1.43 bits per heavy atom. The van der Waals surface area contributed by atoms with Crippen LogP contribution in [-0.4, -0.2) is 23.0 Å². The molecule has 78 valence electrons. The minimum Gasteiger partial charge on any atom is -0.392 e. The first-order chi connectivity index (χ1) is 6.30. The summed E-state index contributed by atoms with van der Waals surface area (Å²) in [6, 6.07) is 0. The fourth-order valence-corrected chi connectivity index (χ4v) is 1.12. The lowest BCUT2D eigenvalue weighted by Gasteiger charge is -2.25. The van der Waals surface area contributed by atoms with Crippen molar-refractivity contribution in [2.45, 2.75) is 33.3 Å². The van der Waals surface area contributed by atoms with E-state index < -0.39 is 17.9 Å². The summed E-state index contributed by atoms with van der Waals surface area (Å²) in [7, 11) is 0. The maximum absolute atomic E-state index is 11.1. The number of carbonyl (C=O) groups is 2. The number of hydrogen-bond acceptors (Lipinski definition) is 3. The highest BCUT2D eigenvalue weighted by Gasteiger charge is 2.28. The second kappa shape index (κ2) is 3.53. The first-order valence-electron chi connectivity index (χ1n) is 4.54. The van der Waals surface area contributed by atoms with Crippen LogP contribution >= 0.6 is 0 Å². The van der Waals surface area contributed by atoms with Crippen LogP contribution in [0.2, 0.25) is 0 Å². The zero-order valence-electron chi connectivity index (χ0n) is 8.63. The second-order valence-electron chi connectivity index (χ2n) is 4.57. The van der Waals surface area contributed by atoms with Crippen LogP contribution in [0.5, 0.6) is 0 Å². The quantitative estimate of drug-likeness (QED) is 0.628. The van der Waals surface area contributed by atoms with Crippen molar-refractivity contribution < 1.29 is 14.7 Å². The van der Waals surface area contributed by atoms with E-state index in [4.69, 9.17) is 0 Å². The van der Waals surface area contributed by atoms with Crippen LogP contribution in [-0.2, 0) is 9.59 Å². The van der Waals surface area contributed by atoms with Gasteiger partial charge in [-0.2, -0.15) is 0 Å². The Bertz CT molecular complexity index is 299. The van der Waals surface area contributed by atoms with E-state index in [2.05, 4.69) is 5.32 Å². The molecule has 2 N–H and O–H groups in total. The molecule has 0 aromatic heterocycles. The highest BCUT2D eigenvalue weighted by molar-refractivity contribution is 6.16. The molecule has 0 bridgehead atoms. The van der Waals surface area contributed by atoms with Gasteiger partial charge < -0.3 is 5.11 Å². The summed E-state index contributed by atoms with van der Waals surface area (Å²) in [5.41, 5.74) is 0.0738. The Morgan fingerprint density at radius 3 is 2.36 bits per heavy atom. The average molecular weight is 197 g/mol. The average Bonchev–Trinajstić information content (AvgIpc) is 2.28. The lowest BCUT2D eigenvalue weighted by atomic mass is 9.85. The van der Waals surface area contributed by atoms with Gasteiger partial charge in [-0.1, -0.05) is 20.8 Å². The molecule has 0 aromatic rings. The van der Waals surface area contributed by atoms with Gasteiger partial charge in [-0.15, -0.1) is 0 Å². The Labute approximate surface area is 83.0 Å². The highest BCUT2D eigenvalue weighted by Crippen LogP contribution is 2.25. The second-order valence-corrected chi connectivity index (χ2v) is 4.57. The number of nitrogens with one attached hydrogen (secondary N) is 1. The van der Waals surface area contributed by atoms with Crippen LogP contribution in [0.3, 0.4) is 0 Å². The van der Waals surface area contributed by atoms with Gasteiger partial charge >= 0.3 is 0 Å². The van der Waals surface area contributed by atoms with Crippen molar-refractivity contribution in [1.82, 2.24) is 5.32 Å². The zero-order valence-corrected chi connectivity index (χ0v) is 8.63. The molecule has 0 aromatic carbocycles. The van der Waals surface area contributed by atoms with E-state index in [-0.39, 0.29) is 11.8 Å². The largest absolute Gasteiger partial charge is 0.392 e. The summed E-state index contributed by atoms with van der Waals surface area (Å²) in [5.74, 6) is -0.788. The van der Waals surface area contributed by atoms with Gasteiger partial charge in [0.1, 0.15) is 0 Å². The minimum atomic E-state index is -0.620. The van der Waals surface area contributed by atoms with E-state index >= 15 is 0 Å². The van der Waals surface area contributed by atoms with E-state index in [1.807, 2.05) is 20.8 Å². The Hall–Kier alpha value is -1.16. The summed E-state index contributed by atoms with van der Waals surface area (Å²) < 4.78 is 0. The van der Waals surface area contributed by atoms with Crippen LogP contribution < -0.4 is 5.32 Å². The molecule has 4 heteroatoms. The van der Waals surface area contributed by atoms with E-state index in [0.29, 0.717) is 5.57 Å². The molecule has 0 radical (unpaired) electrons. The first kappa shape index (κ1) is 10.9. The van der Waals surface area contributed by atoms with E-state index in [9.17, 15) is 14.7 Å². The zero-order chi connectivity index (χ0) is 10.9. The summed E-state index contributed by atoms with van der Waals surface area (Å²) in [5, 5.41) is 11.9. The van der Waals surface area contributed by atoms with Gasteiger partial charge in [0.05, 0.1) is 6.10 Å². The lowest BCUT2D eigenvalue weighted by molar-refractivity contribution is -0.124. The molecule has 4 nitrogen and oxygen atoms in total. The lowest BCUT2D eigenvalue weighted by Crippen LogP contribution is -2.29. The van der Waals surface area contributed by atoms with Gasteiger partial charge in [0, 0.05) is 18.1 Å². The molecule has 0 fully saturated rings. The molecule has 0 aliphatic carbocycles.